The van der Waals surface area contributed by atoms with E-state index in [1.165, 1.54) is 11.3 Å². The predicted octanol–water partition coefficient (Wildman–Crippen LogP) is 3.39. The zero-order valence-corrected chi connectivity index (χ0v) is 15.9. The molecule has 8 heteroatoms. The number of nitrogens with zero attached hydrogens (tertiary/aromatic N) is 2. The van der Waals surface area contributed by atoms with Crippen LogP contribution in [0.3, 0.4) is 0 Å². The Kier molecular flexibility index (Phi) is 5.38. The molecule has 2 amide bonds. The number of hydrogen-bond acceptors (Lipinski definition) is 6. The van der Waals surface area contributed by atoms with Gasteiger partial charge in [-0.15, -0.1) is 0 Å². The van der Waals surface area contributed by atoms with Crippen molar-refractivity contribution in [2.24, 2.45) is 0 Å². The summed E-state index contributed by atoms with van der Waals surface area (Å²) in [7, 11) is 0. The number of fused-ring (bicyclic) bond motifs is 1. The average Bonchev–Trinajstić information content (AvgIpc) is 3.28. The van der Waals surface area contributed by atoms with Gasteiger partial charge >= 0.3 is 6.03 Å². The predicted molar refractivity (Wildman–Crippen MR) is 105 cm³/mol. The Hall–Kier alpha value is -2.42. The molecule has 0 aliphatic carbocycles. The summed E-state index contributed by atoms with van der Waals surface area (Å²) in [5.74, 6) is 1.72. The van der Waals surface area contributed by atoms with Gasteiger partial charge in [0.25, 0.3) is 0 Å². The zero-order valence-electron chi connectivity index (χ0n) is 15.1. The van der Waals surface area contributed by atoms with Crippen molar-refractivity contribution in [2.45, 2.75) is 13.0 Å². The van der Waals surface area contributed by atoms with Gasteiger partial charge in [0, 0.05) is 19.6 Å². The number of nitrogens with one attached hydrogen (secondary N) is 2. The number of hydrogen-bond donors (Lipinski definition) is 2. The zero-order chi connectivity index (χ0) is 18.6. The van der Waals surface area contributed by atoms with E-state index in [1.54, 1.807) is 0 Å². The molecule has 0 saturated carbocycles. The van der Waals surface area contributed by atoms with Crippen LogP contribution in [-0.4, -0.2) is 48.8 Å². The molecule has 1 aliphatic rings. The Morgan fingerprint density at radius 3 is 2.81 bits per heavy atom. The molecular weight excluding hydrogens is 364 g/mol. The first-order valence-corrected chi connectivity index (χ1v) is 9.79. The SMILES string of the molecule is Cc1ccc(C(CNC(=O)Nc2nc3ccccc3s2)N2CCOCC2)o1. The number of rotatable bonds is 5. The molecule has 142 valence electrons. The number of carbonyl (C=O) groups excluding carboxylic acids is 1. The highest BCUT2D eigenvalue weighted by Crippen LogP contribution is 2.26. The van der Waals surface area contributed by atoms with E-state index >= 15 is 0 Å². The lowest BCUT2D eigenvalue weighted by Gasteiger charge is -2.33. The summed E-state index contributed by atoms with van der Waals surface area (Å²) < 4.78 is 12.3. The van der Waals surface area contributed by atoms with Crippen molar-refractivity contribution < 1.29 is 13.9 Å². The van der Waals surface area contributed by atoms with Crippen LogP contribution in [0, 0.1) is 6.92 Å². The molecule has 1 saturated heterocycles. The second kappa shape index (κ2) is 8.08. The van der Waals surface area contributed by atoms with Crippen LogP contribution in [-0.2, 0) is 4.74 Å². The van der Waals surface area contributed by atoms with Gasteiger partial charge in [-0.3, -0.25) is 10.2 Å². The standard InChI is InChI=1S/C19H22N4O3S/c1-13-6-7-16(26-13)15(23-8-10-25-11-9-23)12-20-18(24)22-19-21-14-4-2-3-5-17(14)27-19/h2-7,15H,8-12H2,1H3,(H2,20,21,22,24). The second-order valence-corrected chi connectivity index (χ2v) is 7.46. The summed E-state index contributed by atoms with van der Waals surface area (Å²) in [4.78, 5) is 19.1. The van der Waals surface area contributed by atoms with Crippen molar-refractivity contribution in [3.05, 3.63) is 47.9 Å². The first-order valence-electron chi connectivity index (χ1n) is 8.97. The van der Waals surface area contributed by atoms with E-state index in [4.69, 9.17) is 9.15 Å². The maximum Gasteiger partial charge on any atom is 0.321 e. The summed E-state index contributed by atoms with van der Waals surface area (Å²) in [5.41, 5.74) is 0.884. The molecule has 4 rings (SSSR count). The van der Waals surface area contributed by atoms with E-state index in [-0.39, 0.29) is 12.1 Å². The minimum Gasteiger partial charge on any atom is -0.465 e. The Morgan fingerprint density at radius 1 is 1.26 bits per heavy atom. The molecule has 7 nitrogen and oxygen atoms in total. The lowest BCUT2D eigenvalue weighted by Crippen LogP contribution is -2.44. The van der Waals surface area contributed by atoms with Gasteiger partial charge in [0.15, 0.2) is 5.13 Å². The molecule has 1 atom stereocenters. The third-order valence-electron chi connectivity index (χ3n) is 4.55. The maximum absolute atomic E-state index is 12.4. The maximum atomic E-state index is 12.4. The number of thiazole rings is 1. The van der Waals surface area contributed by atoms with Gasteiger partial charge in [-0.1, -0.05) is 23.5 Å². The van der Waals surface area contributed by atoms with Gasteiger partial charge in [-0.05, 0) is 31.2 Å². The van der Waals surface area contributed by atoms with Crippen molar-refractivity contribution >= 4 is 32.7 Å². The fourth-order valence-electron chi connectivity index (χ4n) is 3.19. The number of benzene rings is 1. The molecular formula is C19H22N4O3S. The molecule has 27 heavy (non-hydrogen) atoms. The summed E-state index contributed by atoms with van der Waals surface area (Å²) in [5, 5.41) is 6.37. The van der Waals surface area contributed by atoms with Gasteiger partial charge in [-0.25, -0.2) is 9.78 Å². The summed E-state index contributed by atoms with van der Waals surface area (Å²) in [6, 6.07) is 11.4. The molecule has 0 bridgehead atoms. The van der Waals surface area contributed by atoms with Crippen LogP contribution in [0.4, 0.5) is 9.93 Å². The molecule has 1 aromatic carbocycles. The number of anilines is 1. The number of ether oxygens (including phenoxy) is 1. The van der Waals surface area contributed by atoms with E-state index in [9.17, 15) is 4.79 Å². The van der Waals surface area contributed by atoms with Crippen LogP contribution >= 0.6 is 11.3 Å². The molecule has 1 fully saturated rings. The highest BCUT2D eigenvalue weighted by molar-refractivity contribution is 7.22. The van der Waals surface area contributed by atoms with Crippen molar-refractivity contribution in [1.29, 1.82) is 0 Å². The average molecular weight is 386 g/mol. The van der Waals surface area contributed by atoms with Crippen LogP contribution in [0.5, 0.6) is 0 Å². The monoisotopic (exact) mass is 386 g/mol. The fourth-order valence-corrected chi connectivity index (χ4v) is 4.05. The number of urea groups is 1. The summed E-state index contributed by atoms with van der Waals surface area (Å²) in [6.07, 6.45) is 0. The van der Waals surface area contributed by atoms with Crippen LogP contribution in [0.2, 0.25) is 0 Å². The van der Waals surface area contributed by atoms with Crippen LogP contribution in [0.25, 0.3) is 10.2 Å². The normalized spacial score (nSPS) is 16.3. The van der Waals surface area contributed by atoms with Crippen LogP contribution in [0.1, 0.15) is 17.6 Å². The highest BCUT2D eigenvalue weighted by Gasteiger charge is 2.25. The first kappa shape index (κ1) is 18.0. The number of amides is 2. The van der Waals surface area contributed by atoms with Gasteiger partial charge in [0.1, 0.15) is 11.5 Å². The smallest absolute Gasteiger partial charge is 0.321 e. The third-order valence-corrected chi connectivity index (χ3v) is 5.50. The van der Waals surface area contributed by atoms with Crippen LogP contribution in [0.15, 0.2) is 40.8 Å². The highest BCUT2D eigenvalue weighted by atomic mass is 32.1. The molecule has 1 unspecified atom stereocenters. The minimum absolute atomic E-state index is 0.0243. The van der Waals surface area contributed by atoms with Crippen molar-refractivity contribution in [1.82, 2.24) is 15.2 Å². The quantitative estimate of drug-likeness (QED) is 0.703. The number of carbonyl (C=O) groups is 1. The Morgan fingerprint density at radius 2 is 2.07 bits per heavy atom. The summed E-state index contributed by atoms with van der Waals surface area (Å²) in [6.45, 7) is 5.37. The minimum atomic E-state index is -0.268. The Labute approximate surface area is 161 Å². The number of aryl methyl sites for hydroxylation is 1. The second-order valence-electron chi connectivity index (χ2n) is 6.43. The molecule has 0 radical (unpaired) electrons. The molecule has 0 spiro atoms. The molecule has 2 aromatic heterocycles. The molecule has 1 aliphatic heterocycles. The number of para-hydroxylation sites is 1. The molecule has 3 heterocycles. The number of furan rings is 1. The lowest BCUT2D eigenvalue weighted by atomic mass is 10.1. The van der Waals surface area contributed by atoms with E-state index < -0.39 is 0 Å². The van der Waals surface area contributed by atoms with E-state index in [0.717, 1.165) is 34.8 Å². The van der Waals surface area contributed by atoms with Gasteiger partial charge in [0.2, 0.25) is 0 Å². The largest absolute Gasteiger partial charge is 0.465 e. The van der Waals surface area contributed by atoms with Gasteiger partial charge in [0.05, 0.1) is 29.5 Å². The number of aromatic nitrogens is 1. The van der Waals surface area contributed by atoms with Crippen LogP contribution < -0.4 is 10.6 Å². The third kappa shape index (κ3) is 4.29. The van der Waals surface area contributed by atoms with E-state index in [2.05, 4.69) is 20.5 Å². The lowest BCUT2D eigenvalue weighted by molar-refractivity contribution is 0.0122. The number of morpholine rings is 1. The van der Waals surface area contributed by atoms with E-state index in [0.29, 0.717) is 24.9 Å². The fraction of sp³-hybridized carbons (Fsp3) is 0.368. The van der Waals surface area contributed by atoms with Crippen molar-refractivity contribution in [2.75, 3.05) is 38.2 Å². The summed E-state index contributed by atoms with van der Waals surface area (Å²) >= 11 is 1.46. The van der Waals surface area contributed by atoms with Crippen molar-refractivity contribution in [3.8, 4) is 0 Å². The topological polar surface area (TPSA) is 79.6 Å². The van der Waals surface area contributed by atoms with E-state index in [1.807, 2.05) is 43.3 Å². The molecule has 3 aromatic rings. The first-order chi connectivity index (χ1) is 13.2. The molecule has 2 N–H and O–H groups in total. The Bertz CT molecular complexity index is 883. The van der Waals surface area contributed by atoms with Gasteiger partial charge < -0.3 is 14.5 Å². The van der Waals surface area contributed by atoms with Crippen molar-refractivity contribution in [3.63, 3.8) is 0 Å². The Balaban J connectivity index is 1.41. The van der Waals surface area contributed by atoms with Gasteiger partial charge in [-0.2, -0.15) is 0 Å².